The van der Waals surface area contributed by atoms with Gasteiger partial charge in [-0.3, -0.25) is 4.79 Å². The number of carbonyl (C=O) groups is 1. The van der Waals surface area contributed by atoms with Crippen molar-refractivity contribution >= 4 is 23.2 Å². The van der Waals surface area contributed by atoms with E-state index in [-0.39, 0.29) is 11.1 Å². The van der Waals surface area contributed by atoms with Gasteiger partial charge in [-0.25, -0.2) is 0 Å². The molecule has 1 amide bonds. The standard InChI is InChI=1S/C13H12ClNO2/c1-8-3-4-9(2)11(7-8)15-13(16)10-5-6-17-12(10)14/h3-7H,1-2H3,(H,15,16). The van der Waals surface area contributed by atoms with E-state index in [9.17, 15) is 4.79 Å². The highest BCUT2D eigenvalue weighted by Crippen LogP contribution is 2.21. The minimum absolute atomic E-state index is 0.104. The Labute approximate surface area is 104 Å². The van der Waals surface area contributed by atoms with E-state index >= 15 is 0 Å². The van der Waals surface area contributed by atoms with Crippen LogP contribution in [0.4, 0.5) is 5.69 Å². The summed E-state index contributed by atoms with van der Waals surface area (Å²) in [5, 5.41) is 2.92. The van der Waals surface area contributed by atoms with E-state index in [1.54, 1.807) is 6.07 Å². The van der Waals surface area contributed by atoms with Gasteiger partial charge in [0.15, 0.2) is 0 Å². The van der Waals surface area contributed by atoms with Gasteiger partial charge in [0.1, 0.15) is 0 Å². The number of anilines is 1. The first kappa shape index (κ1) is 11.7. The summed E-state index contributed by atoms with van der Waals surface area (Å²) in [6.07, 6.45) is 1.39. The molecule has 3 nitrogen and oxygen atoms in total. The maximum absolute atomic E-state index is 11.9. The number of halogens is 1. The molecule has 0 aliphatic rings. The molecule has 0 saturated heterocycles. The summed E-state index contributed by atoms with van der Waals surface area (Å²) < 4.78 is 4.88. The van der Waals surface area contributed by atoms with Crippen molar-refractivity contribution in [3.05, 3.63) is 52.4 Å². The molecule has 4 heteroatoms. The Morgan fingerprint density at radius 2 is 2.06 bits per heavy atom. The molecule has 17 heavy (non-hydrogen) atoms. The van der Waals surface area contributed by atoms with Gasteiger partial charge in [0.25, 0.3) is 5.91 Å². The van der Waals surface area contributed by atoms with Gasteiger partial charge >= 0.3 is 0 Å². The Morgan fingerprint density at radius 1 is 1.29 bits per heavy atom. The Kier molecular flexibility index (Phi) is 3.20. The first-order valence-corrected chi connectivity index (χ1v) is 5.57. The minimum atomic E-state index is -0.266. The largest absolute Gasteiger partial charge is 0.452 e. The van der Waals surface area contributed by atoms with E-state index in [2.05, 4.69) is 5.32 Å². The number of amides is 1. The molecule has 0 fully saturated rings. The molecular formula is C13H12ClNO2. The van der Waals surface area contributed by atoms with Gasteiger partial charge in [-0.1, -0.05) is 12.1 Å². The zero-order chi connectivity index (χ0) is 12.4. The molecule has 2 aromatic rings. The van der Waals surface area contributed by atoms with E-state index < -0.39 is 0 Å². The van der Waals surface area contributed by atoms with Crippen LogP contribution >= 0.6 is 11.6 Å². The number of hydrogen-bond acceptors (Lipinski definition) is 2. The number of furan rings is 1. The molecule has 0 atom stereocenters. The van der Waals surface area contributed by atoms with Gasteiger partial charge in [0.2, 0.25) is 5.22 Å². The third-order valence-electron chi connectivity index (χ3n) is 2.50. The minimum Gasteiger partial charge on any atom is -0.452 e. The Balaban J connectivity index is 2.24. The summed E-state index contributed by atoms with van der Waals surface area (Å²) in [5.41, 5.74) is 3.22. The molecule has 0 bridgehead atoms. The van der Waals surface area contributed by atoms with E-state index in [0.717, 1.165) is 16.8 Å². The molecule has 0 spiro atoms. The lowest BCUT2D eigenvalue weighted by molar-refractivity contribution is 0.102. The Morgan fingerprint density at radius 3 is 2.71 bits per heavy atom. The fraction of sp³-hybridized carbons (Fsp3) is 0.154. The van der Waals surface area contributed by atoms with Gasteiger partial charge in [-0.2, -0.15) is 0 Å². The highest BCUT2D eigenvalue weighted by molar-refractivity contribution is 6.32. The topological polar surface area (TPSA) is 42.2 Å². The lowest BCUT2D eigenvalue weighted by atomic mass is 10.1. The quantitative estimate of drug-likeness (QED) is 0.880. The van der Waals surface area contributed by atoms with Crippen molar-refractivity contribution in [2.45, 2.75) is 13.8 Å². The molecule has 1 aromatic carbocycles. The molecule has 0 aliphatic heterocycles. The predicted molar refractivity (Wildman–Crippen MR) is 67.6 cm³/mol. The third kappa shape index (κ3) is 2.50. The molecule has 1 aromatic heterocycles. The zero-order valence-corrected chi connectivity index (χ0v) is 10.3. The van der Waals surface area contributed by atoms with Crippen LogP contribution in [0.2, 0.25) is 5.22 Å². The second-order valence-electron chi connectivity index (χ2n) is 3.88. The summed E-state index contributed by atoms with van der Waals surface area (Å²) in [6, 6.07) is 7.42. The number of carbonyl (C=O) groups excluding carboxylic acids is 1. The molecule has 0 radical (unpaired) electrons. The fourth-order valence-electron chi connectivity index (χ4n) is 1.52. The Hall–Kier alpha value is -1.74. The number of nitrogens with one attached hydrogen (secondary N) is 1. The molecule has 1 N–H and O–H groups in total. The molecule has 0 aliphatic carbocycles. The monoisotopic (exact) mass is 249 g/mol. The van der Waals surface area contributed by atoms with Crippen LogP contribution in [0.3, 0.4) is 0 Å². The smallest absolute Gasteiger partial charge is 0.260 e. The summed E-state index contributed by atoms with van der Waals surface area (Å²) in [7, 11) is 0. The molecule has 0 unspecified atom stereocenters. The average molecular weight is 250 g/mol. The van der Waals surface area contributed by atoms with Crippen molar-refractivity contribution in [3.63, 3.8) is 0 Å². The van der Waals surface area contributed by atoms with Crippen molar-refractivity contribution in [1.29, 1.82) is 0 Å². The maximum atomic E-state index is 11.9. The van der Waals surface area contributed by atoms with E-state index in [1.807, 2.05) is 32.0 Å². The van der Waals surface area contributed by atoms with Crippen LogP contribution in [0.25, 0.3) is 0 Å². The highest BCUT2D eigenvalue weighted by Gasteiger charge is 2.13. The normalized spacial score (nSPS) is 10.3. The summed E-state index contributed by atoms with van der Waals surface area (Å²) in [4.78, 5) is 11.9. The van der Waals surface area contributed by atoms with Gasteiger partial charge in [-0.05, 0) is 48.7 Å². The number of aryl methyl sites for hydroxylation is 2. The highest BCUT2D eigenvalue weighted by atomic mass is 35.5. The van der Waals surface area contributed by atoms with Crippen molar-refractivity contribution < 1.29 is 9.21 Å². The molecular weight excluding hydrogens is 238 g/mol. The van der Waals surface area contributed by atoms with Crippen LogP contribution in [0, 0.1) is 13.8 Å². The van der Waals surface area contributed by atoms with Crippen LogP contribution in [0.15, 0.2) is 34.9 Å². The van der Waals surface area contributed by atoms with Crippen LogP contribution in [-0.2, 0) is 0 Å². The van der Waals surface area contributed by atoms with Crippen molar-refractivity contribution in [2.75, 3.05) is 5.32 Å². The van der Waals surface area contributed by atoms with Crippen molar-refractivity contribution in [1.82, 2.24) is 0 Å². The second kappa shape index (κ2) is 4.63. The lowest BCUT2D eigenvalue weighted by Crippen LogP contribution is -2.12. The first-order chi connectivity index (χ1) is 8.08. The van der Waals surface area contributed by atoms with Gasteiger partial charge in [0.05, 0.1) is 11.8 Å². The second-order valence-corrected chi connectivity index (χ2v) is 4.22. The zero-order valence-electron chi connectivity index (χ0n) is 9.58. The summed E-state index contributed by atoms with van der Waals surface area (Å²) in [6.45, 7) is 3.91. The van der Waals surface area contributed by atoms with Gasteiger partial charge in [-0.15, -0.1) is 0 Å². The molecule has 88 valence electrons. The van der Waals surface area contributed by atoms with Gasteiger partial charge in [0, 0.05) is 5.69 Å². The first-order valence-electron chi connectivity index (χ1n) is 5.19. The van der Waals surface area contributed by atoms with Crippen LogP contribution in [0.1, 0.15) is 21.5 Å². The molecule has 1 heterocycles. The van der Waals surface area contributed by atoms with E-state index in [0.29, 0.717) is 5.56 Å². The number of rotatable bonds is 2. The van der Waals surface area contributed by atoms with Crippen LogP contribution < -0.4 is 5.32 Å². The van der Waals surface area contributed by atoms with Gasteiger partial charge < -0.3 is 9.73 Å². The number of benzene rings is 1. The SMILES string of the molecule is Cc1ccc(C)c(NC(=O)c2ccoc2Cl)c1. The maximum Gasteiger partial charge on any atom is 0.260 e. The average Bonchev–Trinajstić information content (AvgIpc) is 2.70. The Bertz CT molecular complexity index is 560. The predicted octanol–water partition coefficient (Wildman–Crippen LogP) is 3.80. The van der Waals surface area contributed by atoms with Crippen molar-refractivity contribution in [2.24, 2.45) is 0 Å². The lowest BCUT2D eigenvalue weighted by Gasteiger charge is -2.08. The van der Waals surface area contributed by atoms with E-state index in [1.165, 1.54) is 6.26 Å². The fourth-order valence-corrected chi connectivity index (χ4v) is 1.72. The van der Waals surface area contributed by atoms with E-state index in [4.69, 9.17) is 16.0 Å². The molecule has 0 saturated carbocycles. The third-order valence-corrected chi connectivity index (χ3v) is 2.80. The van der Waals surface area contributed by atoms with Crippen LogP contribution in [-0.4, -0.2) is 5.91 Å². The molecule has 2 rings (SSSR count). The van der Waals surface area contributed by atoms with Crippen LogP contribution in [0.5, 0.6) is 0 Å². The van der Waals surface area contributed by atoms with Crippen molar-refractivity contribution in [3.8, 4) is 0 Å². The number of hydrogen-bond donors (Lipinski definition) is 1. The summed E-state index contributed by atoms with van der Waals surface area (Å²) >= 11 is 5.74. The summed E-state index contributed by atoms with van der Waals surface area (Å²) in [5.74, 6) is -0.266.